The standard InChI is InChI=1S/C19H29N/c1-15(2)13-20-14-19(11-5-6-12-19)18-9-7-17(8-10-18)16(3)4/h5-10,15-16,20H,11-14H2,1-4H3. The Morgan fingerprint density at radius 2 is 1.60 bits per heavy atom. The van der Waals surface area contributed by atoms with Gasteiger partial charge in [-0.2, -0.15) is 0 Å². The predicted octanol–water partition coefficient (Wildman–Crippen LogP) is 4.64. The number of rotatable bonds is 6. The van der Waals surface area contributed by atoms with Crippen LogP contribution in [0, 0.1) is 5.92 Å². The third kappa shape index (κ3) is 3.52. The zero-order valence-electron chi connectivity index (χ0n) is 13.4. The van der Waals surface area contributed by atoms with Crippen LogP contribution in [0.5, 0.6) is 0 Å². The number of hydrogen-bond acceptors (Lipinski definition) is 1. The molecule has 0 saturated carbocycles. The molecule has 0 spiro atoms. The van der Waals surface area contributed by atoms with Crippen molar-refractivity contribution in [2.75, 3.05) is 13.1 Å². The lowest BCUT2D eigenvalue weighted by atomic mass is 9.77. The van der Waals surface area contributed by atoms with E-state index in [0.29, 0.717) is 11.8 Å². The zero-order valence-corrected chi connectivity index (χ0v) is 13.4. The van der Waals surface area contributed by atoms with Crippen LogP contribution in [0.4, 0.5) is 0 Å². The fourth-order valence-electron chi connectivity index (χ4n) is 3.00. The van der Waals surface area contributed by atoms with Gasteiger partial charge in [0.2, 0.25) is 0 Å². The van der Waals surface area contributed by atoms with Crippen molar-refractivity contribution in [3.05, 3.63) is 47.5 Å². The van der Waals surface area contributed by atoms with Crippen molar-refractivity contribution in [3.8, 4) is 0 Å². The first-order valence-corrected chi connectivity index (χ1v) is 8.00. The second kappa shape index (κ2) is 6.58. The largest absolute Gasteiger partial charge is 0.316 e. The monoisotopic (exact) mass is 271 g/mol. The Labute approximate surface area is 124 Å². The summed E-state index contributed by atoms with van der Waals surface area (Å²) >= 11 is 0. The molecule has 0 unspecified atom stereocenters. The number of benzene rings is 1. The number of allylic oxidation sites excluding steroid dienone is 2. The number of hydrogen-bond donors (Lipinski definition) is 1. The molecule has 0 aliphatic heterocycles. The van der Waals surface area contributed by atoms with E-state index in [0.717, 1.165) is 13.1 Å². The summed E-state index contributed by atoms with van der Waals surface area (Å²) in [5, 5.41) is 3.66. The summed E-state index contributed by atoms with van der Waals surface area (Å²) in [6, 6.07) is 9.31. The topological polar surface area (TPSA) is 12.0 Å². The highest BCUT2D eigenvalue weighted by atomic mass is 14.9. The molecule has 0 radical (unpaired) electrons. The zero-order chi connectivity index (χ0) is 14.6. The van der Waals surface area contributed by atoms with Gasteiger partial charge in [-0.05, 0) is 42.3 Å². The lowest BCUT2D eigenvalue weighted by Gasteiger charge is -2.31. The lowest BCUT2D eigenvalue weighted by Crippen LogP contribution is -2.37. The first-order chi connectivity index (χ1) is 9.53. The van der Waals surface area contributed by atoms with Crippen LogP contribution in [0.1, 0.15) is 57.6 Å². The molecule has 0 saturated heterocycles. The minimum absolute atomic E-state index is 0.282. The van der Waals surface area contributed by atoms with E-state index in [-0.39, 0.29) is 5.41 Å². The van der Waals surface area contributed by atoms with Gasteiger partial charge < -0.3 is 5.32 Å². The third-order valence-corrected chi connectivity index (χ3v) is 4.39. The summed E-state index contributed by atoms with van der Waals surface area (Å²) in [5.41, 5.74) is 3.21. The van der Waals surface area contributed by atoms with E-state index >= 15 is 0 Å². The average Bonchev–Trinajstić information content (AvgIpc) is 2.88. The molecule has 1 aromatic carbocycles. The summed E-state index contributed by atoms with van der Waals surface area (Å²) in [6.07, 6.45) is 7.01. The van der Waals surface area contributed by atoms with Crippen LogP contribution in [0.15, 0.2) is 36.4 Å². The molecule has 0 amide bonds. The highest BCUT2D eigenvalue weighted by Gasteiger charge is 2.32. The minimum atomic E-state index is 0.282. The molecular formula is C19H29N. The molecule has 1 aliphatic rings. The second-order valence-corrected chi connectivity index (χ2v) is 6.96. The van der Waals surface area contributed by atoms with Gasteiger partial charge >= 0.3 is 0 Å². The first kappa shape index (κ1) is 15.3. The summed E-state index contributed by atoms with van der Waals surface area (Å²) in [6.45, 7) is 11.2. The predicted molar refractivity (Wildman–Crippen MR) is 88.3 cm³/mol. The molecule has 0 atom stereocenters. The van der Waals surface area contributed by atoms with Gasteiger partial charge in [-0.1, -0.05) is 64.1 Å². The fraction of sp³-hybridized carbons (Fsp3) is 0.579. The fourth-order valence-corrected chi connectivity index (χ4v) is 3.00. The summed E-state index contributed by atoms with van der Waals surface area (Å²) in [4.78, 5) is 0. The lowest BCUT2D eigenvalue weighted by molar-refractivity contribution is 0.402. The van der Waals surface area contributed by atoms with Gasteiger partial charge in [-0.15, -0.1) is 0 Å². The van der Waals surface area contributed by atoms with Crippen molar-refractivity contribution in [3.63, 3.8) is 0 Å². The Bertz CT molecular complexity index is 431. The SMILES string of the molecule is CC(C)CNCC1(c2ccc(C(C)C)cc2)CC=CC1. The Morgan fingerprint density at radius 1 is 1.00 bits per heavy atom. The van der Waals surface area contributed by atoms with Crippen LogP contribution < -0.4 is 5.32 Å². The Hall–Kier alpha value is -1.08. The number of nitrogens with one attached hydrogen (secondary N) is 1. The molecule has 0 heterocycles. The minimum Gasteiger partial charge on any atom is -0.316 e. The molecular weight excluding hydrogens is 242 g/mol. The van der Waals surface area contributed by atoms with E-state index in [2.05, 4.69) is 69.4 Å². The van der Waals surface area contributed by atoms with Crippen molar-refractivity contribution >= 4 is 0 Å². The van der Waals surface area contributed by atoms with Crippen molar-refractivity contribution in [2.24, 2.45) is 5.92 Å². The van der Waals surface area contributed by atoms with Gasteiger partial charge in [0, 0.05) is 12.0 Å². The molecule has 0 aromatic heterocycles. The quantitative estimate of drug-likeness (QED) is 0.743. The van der Waals surface area contributed by atoms with E-state index in [4.69, 9.17) is 0 Å². The molecule has 1 heteroatoms. The second-order valence-electron chi connectivity index (χ2n) is 6.96. The maximum absolute atomic E-state index is 3.66. The van der Waals surface area contributed by atoms with Crippen molar-refractivity contribution in [1.29, 1.82) is 0 Å². The van der Waals surface area contributed by atoms with Gasteiger partial charge in [0.15, 0.2) is 0 Å². The van der Waals surface area contributed by atoms with Crippen LogP contribution in [0.2, 0.25) is 0 Å². The van der Waals surface area contributed by atoms with E-state index in [1.807, 2.05) is 0 Å². The van der Waals surface area contributed by atoms with E-state index in [1.165, 1.54) is 24.0 Å². The van der Waals surface area contributed by atoms with Crippen molar-refractivity contribution in [1.82, 2.24) is 5.32 Å². The van der Waals surface area contributed by atoms with Crippen LogP contribution in [0.25, 0.3) is 0 Å². The van der Waals surface area contributed by atoms with Crippen LogP contribution in [-0.2, 0) is 5.41 Å². The highest BCUT2D eigenvalue weighted by molar-refractivity contribution is 5.34. The van der Waals surface area contributed by atoms with Gasteiger partial charge in [-0.25, -0.2) is 0 Å². The molecule has 0 bridgehead atoms. The van der Waals surface area contributed by atoms with Crippen LogP contribution >= 0.6 is 0 Å². The Kier molecular flexibility index (Phi) is 5.04. The van der Waals surface area contributed by atoms with E-state index in [1.54, 1.807) is 0 Å². The summed E-state index contributed by atoms with van der Waals surface area (Å²) in [7, 11) is 0. The van der Waals surface area contributed by atoms with Crippen molar-refractivity contribution in [2.45, 2.75) is 51.9 Å². The maximum atomic E-state index is 3.66. The first-order valence-electron chi connectivity index (χ1n) is 8.00. The molecule has 1 N–H and O–H groups in total. The van der Waals surface area contributed by atoms with E-state index in [9.17, 15) is 0 Å². The Morgan fingerprint density at radius 3 is 2.10 bits per heavy atom. The van der Waals surface area contributed by atoms with Crippen LogP contribution in [-0.4, -0.2) is 13.1 Å². The molecule has 1 nitrogen and oxygen atoms in total. The highest BCUT2D eigenvalue weighted by Crippen LogP contribution is 2.37. The normalized spacial score (nSPS) is 17.3. The van der Waals surface area contributed by atoms with Crippen molar-refractivity contribution < 1.29 is 0 Å². The molecule has 1 aromatic rings. The molecule has 20 heavy (non-hydrogen) atoms. The van der Waals surface area contributed by atoms with Crippen LogP contribution in [0.3, 0.4) is 0 Å². The maximum Gasteiger partial charge on any atom is 0.0146 e. The Balaban J connectivity index is 2.11. The molecule has 0 fully saturated rings. The van der Waals surface area contributed by atoms with Gasteiger partial charge in [0.05, 0.1) is 0 Å². The van der Waals surface area contributed by atoms with E-state index < -0.39 is 0 Å². The van der Waals surface area contributed by atoms with Gasteiger partial charge in [0.1, 0.15) is 0 Å². The molecule has 110 valence electrons. The van der Waals surface area contributed by atoms with Gasteiger partial charge in [0.25, 0.3) is 0 Å². The third-order valence-electron chi connectivity index (χ3n) is 4.39. The summed E-state index contributed by atoms with van der Waals surface area (Å²) in [5.74, 6) is 1.32. The van der Waals surface area contributed by atoms with Gasteiger partial charge in [-0.3, -0.25) is 0 Å². The average molecular weight is 271 g/mol. The molecule has 2 rings (SSSR count). The molecule has 1 aliphatic carbocycles. The smallest absolute Gasteiger partial charge is 0.0146 e. The summed E-state index contributed by atoms with van der Waals surface area (Å²) < 4.78 is 0.